The average molecular weight is 203 g/mol. The molecule has 0 bridgehead atoms. The topological polar surface area (TPSA) is 40.5 Å². The maximum atomic E-state index is 12.8. The Morgan fingerprint density at radius 2 is 2.17 bits per heavy atom. The number of rotatable bonds is 5. The molecule has 3 nitrogen and oxygen atoms in total. The lowest BCUT2D eigenvalue weighted by atomic mass is 10.2. The molecule has 0 spiro atoms. The van der Waals surface area contributed by atoms with Crippen molar-refractivity contribution in [1.29, 1.82) is 0 Å². The van der Waals surface area contributed by atoms with Crippen LogP contribution in [0.5, 0.6) is 0 Å². The van der Waals surface area contributed by atoms with Crippen molar-refractivity contribution >= 4 is 17.7 Å². The van der Waals surface area contributed by atoms with E-state index in [0.717, 1.165) is 11.8 Å². The predicted molar refractivity (Wildman–Crippen MR) is 38.5 cm³/mol. The summed E-state index contributed by atoms with van der Waals surface area (Å²) in [5, 5.41) is 6.21. The summed E-state index contributed by atoms with van der Waals surface area (Å²) in [4.78, 5) is 10.1. The van der Waals surface area contributed by atoms with Crippen LogP contribution in [0, 0.1) is 0 Å². The quantitative estimate of drug-likeness (QED) is 0.543. The van der Waals surface area contributed by atoms with E-state index in [9.17, 15) is 18.1 Å². The van der Waals surface area contributed by atoms with Gasteiger partial charge in [-0.05, 0) is 12.0 Å². The fourth-order valence-electron chi connectivity index (χ4n) is 0.501. The smallest absolute Gasteiger partial charge is 0.362 e. The van der Waals surface area contributed by atoms with Gasteiger partial charge in [0.2, 0.25) is 0 Å². The van der Waals surface area contributed by atoms with Crippen molar-refractivity contribution in [2.75, 3.05) is 12.0 Å². The Bertz CT molecular complexity index is 169. The van der Waals surface area contributed by atoms with E-state index >= 15 is 0 Å². The highest BCUT2D eigenvalue weighted by molar-refractivity contribution is 7.98. The molecule has 0 saturated heterocycles. The molecule has 0 aromatic rings. The molecule has 0 fully saturated rings. The van der Waals surface area contributed by atoms with Crippen molar-refractivity contribution in [3.05, 3.63) is 0 Å². The molecule has 0 aliphatic rings. The molecular weight excluding hydrogens is 195 g/mol. The highest BCUT2D eigenvalue weighted by atomic mass is 32.2. The largest absolute Gasteiger partial charge is 0.478 e. The van der Waals surface area contributed by atoms with Crippen molar-refractivity contribution in [1.82, 2.24) is 5.34 Å². The Morgan fingerprint density at radius 3 is 2.42 bits per heavy atom. The number of carbonyl (C=O) groups is 1. The highest BCUT2D eigenvalue weighted by Gasteiger charge is 2.47. The molecule has 1 unspecified atom stereocenters. The molecule has 72 valence electrons. The van der Waals surface area contributed by atoms with Crippen LogP contribution < -0.4 is 0 Å². The Balaban J connectivity index is 4.29. The van der Waals surface area contributed by atoms with Crippen molar-refractivity contribution in [2.45, 2.75) is 12.2 Å². The van der Waals surface area contributed by atoms with Crippen LogP contribution in [0.15, 0.2) is 0 Å². The summed E-state index contributed by atoms with van der Waals surface area (Å²) < 4.78 is 36.2. The minimum absolute atomic E-state index is 0.0210. The van der Waals surface area contributed by atoms with Crippen molar-refractivity contribution in [3.63, 3.8) is 0 Å². The van der Waals surface area contributed by atoms with E-state index in [-0.39, 0.29) is 5.75 Å². The lowest BCUT2D eigenvalue weighted by Crippen LogP contribution is -2.43. The number of hydrogen-bond donors (Lipinski definition) is 1. The van der Waals surface area contributed by atoms with Gasteiger partial charge in [-0.15, -0.1) is 0 Å². The molecule has 7 heteroatoms. The molecule has 0 amide bonds. The predicted octanol–water partition coefficient (Wildman–Crippen LogP) is 1.56. The van der Waals surface area contributed by atoms with Crippen LogP contribution in [0.3, 0.4) is 0 Å². The first-order valence-corrected chi connectivity index (χ1v) is 4.37. The van der Waals surface area contributed by atoms with Crippen molar-refractivity contribution in [3.8, 4) is 0 Å². The Hall–Kier alpha value is -0.430. The molecule has 12 heavy (non-hydrogen) atoms. The van der Waals surface area contributed by atoms with E-state index in [2.05, 4.69) is 0 Å². The van der Waals surface area contributed by atoms with E-state index in [1.807, 2.05) is 0 Å². The van der Waals surface area contributed by atoms with Crippen LogP contribution in [0.4, 0.5) is 13.4 Å². The van der Waals surface area contributed by atoms with Gasteiger partial charge < -0.3 is 5.11 Å². The van der Waals surface area contributed by atoms with Gasteiger partial charge in [0.1, 0.15) is 0 Å². The fourth-order valence-corrected chi connectivity index (χ4v) is 0.976. The second-order valence-electron chi connectivity index (χ2n) is 2.04. The molecule has 0 aliphatic carbocycles. The van der Waals surface area contributed by atoms with Crippen molar-refractivity contribution < 1.29 is 23.3 Å². The van der Waals surface area contributed by atoms with Crippen LogP contribution in [0.2, 0.25) is 0 Å². The maximum absolute atomic E-state index is 12.8. The normalized spacial score (nSPS) is 16.1. The molecule has 0 heterocycles. The Kier molecular flexibility index (Phi) is 4.40. The maximum Gasteiger partial charge on any atom is 0.362 e. The summed E-state index contributed by atoms with van der Waals surface area (Å²) in [6, 6.07) is 0. The van der Waals surface area contributed by atoms with Crippen molar-refractivity contribution in [2.24, 2.45) is 0 Å². The molecule has 0 aromatic carbocycles. The molecule has 0 saturated carbocycles. The number of thioether (sulfide) groups is 1. The third-order valence-electron chi connectivity index (χ3n) is 1.23. The van der Waals surface area contributed by atoms with Gasteiger partial charge in [0.25, 0.3) is 0 Å². The van der Waals surface area contributed by atoms with Gasteiger partial charge in [0.15, 0.2) is 0 Å². The second-order valence-corrected chi connectivity index (χ2v) is 3.03. The Labute approximate surface area is 71.4 Å². The van der Waals surface area contributed by atoms with Crippen LogP contribution in [-0.2, 0) is 4.79 Å². The van der Waals surface area contributed by atoms with E-state index in [1.54, 1.807) is 6.26 Å². The minimum atomic E-state index is -3.55. The van der Waals surface area contributed by atoms with Crippen LogP contribution in [-0.4, -0.2) is 34.2 Å². The molecule has 0 aromatic heterocycles. The SMILES string of the molecule is CSCCC(F)(C(=O)O)N(F)F. The molecule has 1 N–H and O–H groups in total. The van der Waals surface area contributed by atoms with Gasteiger partial charge in [-0.3, -0.25) is 0 Å². The summed E-state index contributed by atoms with van der Waals surface area (Å²) in [6.07, 6.45) is 0.833. The minimum Gasteiger partial charge on any atom is -0.478 e. The van der Waals surface area contributed by atoms with E-state index in [4.69, 9.17) is 5.11 Å². The van der Waals surface area contributed by atoms with Gasteiger partial charge in [-0.25, -0.2) is 9.18 Å². The van der Waals surface area contributed by atoms with Gasteiger partial charge in [-0.1, -0.05) is 8.96 Å². The first-order chi connectivity index (χ1) is 5.45. The zero-order valence-electron chi connectivity index (χ0n) is 6.26. The summed E-state index contributed by atoms with van der Waals surface area (Å²) in [5.41, 5.74) is 0. The monoisotopic (exact) mass is 203 g/mol. The number of halogens is 3. The number of nitrogens with zero attached hydrogens (tertiary/aromatic N) is 1. The molecule has 0 rings (SSSR count). The van der Waals surface area contributed by atoms with Gasteiger partial charge in [0, 0.05) is 6.42 Å². The zero-order chi connectivity index (χ0) is 9.78. The standard InChI is InChI=1S/C5H8F3NO2S/c1-12-3-2-5(6,4(10)11)9(7)8/h2-3H2,1H3,(H,10,11). The first-order valence-electron chi connectivity index (χ1n) is 2.98. The summed E-state index contributed by atoms with van der Waals surface area (Å²) in [7, 11) is 0. The van der Waals surface area contributed by atoms with E-state index < -0.39 is 23.5 Å². The lowest BCUT2D eigenvalue weighted by molar-refractivity contribution is -0.276. The third kappa shape index (κ3) is 2.56. The highest BCUT2D eigenvalue weighted by Crippen LogP contribution is 2.24. The Morgan fingerprint density at radius 1 is 1.67 bits per heavy atom. The summed E-state index contributed by atoms with van der Waals surface area (Å²) in [6.45, 7) is 0. The number of hydrogen-bond acceptors (Lipinski definition) is 3. The fraction of sp³-hybridized carbons (Fsp3) is 0.800. The number of alkyl halides is 1. The van der Waals surface area contributed by atoms with Crippen LogP contribution >= 0.6 is 11.8 Å². The van der Waals surface area contributed by atoms with Gasteiger partial charge >= 0.3 is 11.8 Å². The van der Waals surface area contributed by atoms with Gasteiger partial charge in [0.05, 0.1) is 5.34 Å². The van der Waals surface area contributed by atoms with Gasteiger partial charge in [-0.2, -0.15) is 11.8 Å². The summed E-state index contributed by atoms with van der Waals surface area (Å²) >= 11 is 1.10. The lowest BCUT2D eigenvalue weighted by Gasteiger charge is -2.18. The first kappa shape index (κ1) is 11.6. The van der Waals surface area contributed by atoms with Crippen LogP contribution in [0.1, 0.15) is 6.42 Å². The third-order valence-corrected chi connectivity index (χ3v) is 1.85. The van der Waals surface area contributed by atoms with E-state index in [1.165, 1.54) is 0 Å². The molecule has 0 aliphatic heterocycles. The second kappa shape index (κ2) is 4.56. The van der Waals surface area contributed by atoms with Crippen LogP contribution in [0.25, 0.3) is 0 Å². The number of carboxylic acids is 1. The number of carboxylic acid groups (broad SMARTS) is 1. The number of aliphatic carboxylic acids is 1. The molecule has 0 radical (unpaired) electrons. The molecular formula is C5H8F3NO2S. The van der Waals surface area contributed by atoms with E-state index in [0.29, 0.717) is 0 Å². The average Bonchev–Trinajstić information content (AvgIpc) is 1.99. The molecule has 1 atom stereocenters. The summed E-state index contributed by atoms with van der Waals surface area (Å²) in [5.74, 6) is -5.70. The zero-order valence-corrected chi connectivity index (χ0v) is 7.08.